The third kappa shape index (κ3) is 2.88. The maximum absolute atomic E-state index is 11.9. The molecular weight excluding hydrogens is 282 g/mol. The van der Waals surface area contributed by atoms with E-state index in [1.807, 2.05) is 13.0 Å². The minimum Gasteiger partial charge on any atom is -0.305 e. The Morgan fingerprint density at radius 2 is 2.12 bits per heavy atom. The second-order valence-corrected chi connectivity index (χ2v) is 4.28. The van der Waals surface area contributed by atoms with E-state index in [0.29, 0.717) is 16.1 Å². The van der Waals surface area contributed by atoms with Crippen molar-refractivity contribution in [2.45, 2.75) is 6.92 Å². The second kappa shape index (κ2) is 5.05. The largest absolute Gasteiger partial charge is 0.305 e. The van der Waals surface area contributed by atoms with Crippen molar-refractivity contribution in [2.24, 2.45) is 0 Å². The van der Waals surface area contributed by atoms with Gasteiger partial charge in [-0.15, -0.1) is 0 Å². The predicted octanol–water partition coefficient (Wildman–Crippen LogP) is 2.80. The van der Waals surface area contributed by atoms with Crippen molar-refractivity contribution in [1.29, 1.82) is 0 Å². The van der Waals surface area contributed by atoms with Gasteiger partial charge in [0.2, 0.25) is 0 Å². The van der Waals surface area contributed by atoms with Crippen LogP contribution >= 0.6 is 15.9 Å². The van der Waals surface area contributed by atoms with E-state index >= 15 is 0 Å². The first-order valence-corrected chi connectivity index (χ1v) is 5.81. The maximum Gasteiger partial charge on any atom is 0.275 e. The fraction of sp³-hybridized carbons (Fsp3) is 0.0833. The number of carbonyl (C=O) groups excluding carboxylic acids is 1. The average molecular weight is 292 g/mol. The lowest BCUT2D eigenvalue weighted by Gasteiger charge is -2.05. The Hall–Kier alpha value is -1.75. The Labute approximate surface area is 107 Å². The molecule has 0 aromatic carbocycles. The van der Waals surface area contributed by atoms with Crippen molar-refractivity contribution in [2.75, 3.05) is 5.32 Å². The van der Waals surface area contributed by atoms with Crippen molar-refractivity contribution in [1.82, 2.24) is 9.97 Å². The van der Waals surface area contributed by atoms with E-state index in [4.69, 9.17) is 0 Å². The summed E-state index contributed by atoms with van der Waals surface area (Å²) < 4.78 is 0.674. The van der Waals surface area contributed by atoms with E-state index in [9.17, 15) is 4.79 Å². The van der Waals surface area contributed by atoms with E-state index in [1.54, 1.807) is 30.5 Å². The van der Waals surface area contributed by atoms with Crippen molar-refractivity contribution >= 4 is 27.7 Å². The summed E-state index contributed by atoms with van der Waals surface area (Å²) in [6.45, 7) is 1.84. The van der Waals surface area contributed by atoms with Gasteiger partial charge in [-0.2, -0.15) is 0 Å². The first-order valence-electron chi connectivity index (χ1n) is 5.02. The molecule has 0 aliphatic heterocycles. The number of aromatic nitrogens is 2. The number of anilines is 1. The van der Waals surface area contributed by atoms with Gasteiger partial charge >= 0.3 is 0 Å². The molecule has 17 heavy (non-hydrogen) atoms. The zero-order valence-corrected chi connectivity index (χ0v) is 10.7. The van der Waals surface area contributed by atoms with Crippen LogP contribution in [0.25, 0.3) is 0 Å². The van der Waals surface area contributed by atoms with Gasteiger partial charge < -0.3 is 5.32 Å². The molecular formula is C12H10BrN3O. The van der Waals surface area contributed by atoms with Crippen LogP contribution in [-0.2, 0) is 0 Å². The van der Waals surface area contributed by atoms with Gasteiger partial charge in [-0.3, -0.25) is 9.78 Å². The van der Waals surface area contributed by atoms with Crippen LogP contribution in [0.1, 0.15) is 16.1 Å². The van der Waals surface area contributed by atoms with Crippen LogP contribution in [0, 0.1) is 6.92 Å². The number of aryl methyl sites for hydroxylation is 1. The highest BCUT2D eigenvalue weighted by Crippen LogP contribution is 2.12. The molecule has 5 heteroatoms. The van der Waals surface area contributed by atoms with Crippen molar-refractivity contribution in [3.8, 4) is 0 Å². The summed E-state index contributed by atoms with van der Waals surface area (Å²) in [4.78, 5) is 20.1. The van der Waals surface area contributed by atoms with Crippen LogP contribution in [0.3, 0.4) is 0 Å². The van der Waals surface area contributed by atoms with Gasteiger partial charge in [0, 0.05) is 6.20 Å². The van der Waals surface area contributed by atoms with Crippen LogP contribution in [0.2, 0.25) is 0 Å². The molecule has 0 saturated heterocycles. The Morgan fingerprint density at radius 1 is 1.29 bits per heavy atom. The summed E-state index contributed by atoms with van der Waals surface area (Å²) in [5.74, 6) is 0.239. The lowest BCUT2D eigenvalue weighted by Crippen LogP contribution is -2.15. The third-order valence-electron chi connectivity index (χ3n) is 2.18. The van der Waals surface area contributed by atoms with Gasteiger partial charge in [0.25, 0.3) is 5.91 Å². The lowest BCUT2D eigenvalue weighted by molar-refractivity contribution is 0.102. The van der Waals surface area contributed by atoms with Crippen LogP contribution in [0.5, 0.6) is 0 Å². The number of hydrogen-bond acceptors (Lipinski definition) is 3. The Morgan fingerprint density at radius 3 is 2.82 bits per heavy atom. The smallest absolute Gasteiger partial charge is 0.275 e. The zero-order chi connectivity index (χ0) is 12.3. The molecule has 1 N–H and O–H groups in total. The molecule has 0 spiro atoms. The Bertz CT molecular complexity index is 557. The molecule has 2 aromatic rings. The monoisotopic (exact) mass is 291 g/mol. The minimum absolute atomic E-state index is 0.256. The van der Waals surface area contributed by atoms with E-state index in [1.165, 1.54) is 0 Å². The third-order valence-corrected chi connectivity index (χ3v) is 2.62. The van der Waals surface area contributed by atoms with E-state index in [-0.39, 0.29) is 5.91 Å². The normalized spacial score (nSPS) is 10.0. The fourth-order valence-corrected chi connectivity index (χ4v) is 1.72. The molecule has 0 atom stereocenters. The van der Waals surface area contributed by atoms with Gasteiger partial charge in [-0.1, -0.05) is 12.1 Å². The lowest BCUT2D eigenvalue weighted by atomic mass is 10.2. The predicted molar refractivity (Wildman–Crippen MR) is 68.9 cm³/mol. The first kappa shape index (κ1) is 11.7. The highest BCUT2D eigenvalue weighted by molar-refractivity contribution is 9.10. The molecule has 0 radical (unpaired) electrons. The van der Waals surface area contributed by atoms with Gasteiger partial charge in [-0.25, -0.2) is 4.98 Å². The first-order chi connectivity index (χ1) is 8.16. The average Bonchev–Trinajstić information content (AvgIpc) is 2.29. The summed E-state index contributed by atoms with van der Waals surface area (Å²) in [6.07, 6.45) is 1.59. The number of nitrogens with zero attached hydrogens (tertiary/aromatic N) is 2. The highest BCUT2D eigenvalue weighted by atomic mass is 79.9. The van der Waals surface area contributed by atoms with Crippen LogP contribution < -0.4 is 5.32 Å². The Kier molecular flexibility index (Phi) is 3.49. The molecule has 0 unspecified atom stereocenters. The second-order valence-electron chi connectivity index (χ2n) is 3.47. The van der Waals surface area contributed by atoms with Crippen LogP contribution in [0.15, 0.2) is 41.1 Å². The van der Waals surface area contributed by atoms with Crippen molar-refractivity contribution in [3.63, 3.8) is 0 Å². The number of carbonyl (C=O) groups is 1. The number of halogens is 1. The molecule has 1 amide bonds. The van der Waals surface area contributed by atoms with Gasteiger partial charge in [-0.05, 0) is 46.6 Å². The molecule has 4 nitrogen and oxygen atoms in total. The van der Waals surface area contributed by atoms with Gasteiger partial charge in [0.15, 0.2) is 0 Å². The topological polar surface area (TPSA) is 54.9 Å². The molecule has 2 aromatic heterocycles. The number of pyridine rings is 2. The van der Waals surface area contributed by atoms with Gasteiger partial charge in [0.05, 0.1) is 0 Å². The zero-order valence-electron chi connectivity index (χ0n) is 9.14. The van der Waals surface area contributed by atoms with Gasteiger partial charge in [0.1, 0.15) is 16.1 Å². The number of nitrogens with one attached hydrogen (secondary N) is 1. The summed E-state index contributed by atoms with van der Waals surface area (Å²) in [5.41, 5.74) is 1.24. The SMILES string of the molecule is Cc1cccnc1C(=O)Nc1cccc(Br)n1. The highest BCUT2D eigenvalue weighted by Gasteiger charge is 2.10. The Balaban J connectivity index is 2.20. The molecule has 0 fully saturated rings. The standard InChI is InChI=1S/C12H10BrN3O/c1-8-4-3-7-14-11(8)12(17)16-10-6-2-5-9(13)15-10/h2-7H,1H3,(H,15,16,17). The number of hydrogen-bond donors (Lipinski definition) is 1. The molecule has 2 heterocycles. The van der Waals surface area contributed by atoms with E-state index in [2.05, 4.69) is 31.2 Å². The van der Waals surface area contributed by atoms with E-state index < -0.39 is 0 Å². The summed E-state index contributed by atoms with van der Waals surface area (Å²) in [7, 11) is 0. The summed E-state index contributed by atoms with van der Waals surface area (Å²) in [6, 6.07) is 8.96. The van der Waals surface area contributed by atoms with Crippen molar-refractivity contribution < 1.29 is 4.79 Å². The molecule has 0 aliphatic carbocycles. The molecule has 0 aliphatic rings. The fourth-order valence-electron chi connectivity index (χ4n) is 1.38. The molecule has 86 valence electrons. The molecule has 0 bridgehead atoms. The number of amides is 1. The maximum atomic E-state index is 11.9. The minimum atomic E-state index is -0.256. The number of rotatable bonds is 2. The van der Waals surface area contributed by atoms with Crippen LogP contribution in [0.4, 0.5) is 5.82 Å². The molecule has 0 saturated carbocycles. The molecule has 2 rings (SSSR count). The van der Waals surface area contributed by atoms with E-state index in [0.717, 1.165) is 5.56 Å². The quantitative estimate of drug-likeness (QED) is 0.866. The summed E-state index contributed by atoms with van der Waals surface area (Å²) >= 11 is 3.24. The summed E-state index contributed by atoms with van der Waals surface area (Å²) in [5, 5.41) is 2.70. The van der Waals surface area contributed by atoms with Crippen molar-refractivity contribution in [3.05, 3.63) is 52.4 Å². The van der Waals surface area contributed by atoms with Crippen LogP contribution in [-0.4, -0.2) is 15.9 Å².